The van der Waals surface area contributed by atoms with Gasteiger partial charge < -0.3 is 0 Å². The summed E-state index contributed by atoms with van der Waals surface area (Å²) in [4.78, 5) is 0. The molecule has 0 amide bonds. The van der Waals surface area contributed by atoms with Gasteiger partial charge in [-0.1, -0.05) is 33.6 Å². The smallest absolute Gasteiger partial charge is 0.0238 e. The second kappa shape index (κ2) is 5.92. The molecular weight excluding hydrogens is 220 g/mol. The van der Waals surface area contributed by atoms with Crippen LogP contribution in [0.2, 0.25) is 0 Å². The summed E-state index contributed by atoms with van der Waals surface area (Å²) in [6, 6.07) is 0.575. The number of rotatable bonds is 5. The minimum Gasteiger partial charge on any atom is -0.271 e. The molecule has 2 nitrogen and oxygen atoms in total. The SMILES string of the molecule is CC(C)(C)C1CCC(C(CCC2CC2)NN)CC1. The maximum Gasteiger partial charge on any atom is 0.0238 e. The maximum absolute atomic E-state index is 5.78. The third-order valence-electron chi connectivity index (χ3n) is 5.36. The molecule has 2 fully saturated rings. The van der Waals surface area contributed by atoms with Crippen molar-refractivity contribution in [2.45, 2.75) is 78.2 Å². The summed E-state index contributed by atoms with van der Waals surface area (Å²) in [5.74, 6) is 8.55. The predicted octanol–water partition coefficient (Wildman–Crippen LogP) is 3.86. The Kier molecular flexibility index (Phi) is 4.71. The first-order valence-electron chi connectivity index (χ1n) is 7.97. The molecule has 0 saturated heterocycles. The Morgan fingerprint density at radius 1 is 1.06 bits per heavy atom. The lowest BCUT2D eigenvalue weighted by Crippen LogP contribution is -2.43. The summed E-state index contributed by atoms with van der Waals surface area (Å²) in [6.45, 7) is 7.18. The number of hydrogen-bond acceptors (Lipinski definition) is 2. The highest BCUT2D eigenvalue weighted by molar-refractivity contribution is 4.86. The van der Waals surface area contributed by atoms with E-state index in [0.29, 0.717) is 11.5 Å². The van der Waals surface area contributed by atoms with Crippen LogP contribution in [0.4, 0.5) is 0 Å². The molecule has 3 N–H and O–H groups in total. The van der Waals surface area contributed by atoms with Crippen LogP contribution in [0.15, 0.2) is 0 Å². The van der Waals surface area contributed by atoms with Gasteiger partial charge in [-0.3, -0.25) is 11.3 Å². The second-order valence-corrected chi connectivity index (χ2v) is 7.77. The zero-order valence-electron chi connectivity index (χ0n) is 12.5. The van der Waals surface area contributed by atoms with Crippen LogP contribution in [-0.2, 0) is 0 Å². The van der Waals surface area contributed by atoms with Crippen LogP contribution in [0.25, 0.3) is 0 Å². The summed E-state index contributed by atoms with van der Waals surface area (Å²) in [7, 11) is 0. The van der Waals surface area contributed by atoms with Crippen LogP contribution in [0.3, 0.4) is 0 Å². The molecule has 0 spiro atoms. The van der Waals surface area contributed by atoms with Crippen molar-refractivity contribution in [3.8, 4) is 0 Å². The minimum atomic E-state index is 0.491. The van der Waals surface area contributed by atoms with Gasteiger partial charge in [0.15, 0.2) is 0 Å². The summed E-state index contributed by atoms with van der Waals surface area (Å²) in [6.07, 6.45) is 11.2. The molecule has 106 valence electrons. The molecule has 18 heavy (non-hydrogen) atoms. The molecule has 2 aliphatic rings. The first-order chi connectivity index (χ1) is 8.50. The standard InChI is InChI=1S/C16H32N2/c1-16(2,3)14-9-7-13(8-10-14)15(18-17)11-6-12-4-5-12/h12-15,18H,4-11,17H2,1-3H3. The van der Waals surface area contributed by atoms with E-state index in [1.807, 2.05) is 0 Å². The quantitative estimate of drug-likeness (QED) is 0.576. The minimum absolute atomic E-state index is 0.491. The average Bonchev–Trinajstić information content (AvgIpc) is 3.13. The highest BCUT2D eigenvalue weighted by Crippen LogP contribution is 2.42. The van der Waals surface area contributed by atoms with Gasteiger partial charge in [0.1, 0.15) is 0 Å². The van der Waals surface area contributed by atoms with Gasteiger partial charge in [-0.2, -0.15) is 0 Å². The van der Waals surface area contributed by atoms with Crippen molar-refractivity contribution in [3.63, 3.8) is 0 Å². The molecule has 2 rings (SSSR count). The van der Waals surface area contributed by atoms with Gasteiger partial charge in [-0.15, -0.1) is 0 Å². The van der Waals surface area contributed by atoms with E-state index in [0.717, 1.165) is 17.8 Å². The van der Waals surface area contributed by atoms with Gasteiger partial charge in [0.2, 0.25) is 0 Å². The third-order valence-corrected chi connectivity index (χ3v) is 5.36. The molecule has 0 aromatic rings. The molecule has 0 aromatic carbocycles. The molecule has 2 heteroatoms. The fourth-order valence-electron chi connectivity index (χ4n) is 3.66. The van der Waals surface area contributed by atoms with Crippen molar-refractivity contribution >= 4 is 0 Å². The van der Waals surface area contributed by atoms with Crippen molar-refractivity contribution in [2.24, 2.45) is 29.0 Å². The van der Waals surface area contributed by atoms with E-state index in [1.165, 1.54) is 51.4 Å². The lowest BCUT2D eigenvalue weighted by molar-refractivity contribution is 0.129. The average molecular weight is 252 g/mol. The fourth-order valence-corrected chi connectivity index (χ4v) is 3.66. The molecule has 0 aromatic heterocycles. The highest BCUT2D eigenvalue weighted by Gasteiger charge is 2.33. The Labute approximate surface area is 113 Å². The van der Waals surface area contributed by atoms with Crippen LogP contribution in [0, 0.1) is 23.2 Å². The van der Waals surface area contributed by atoms with Gasteiger partial charge in [0.25, 0.3) is 0 Å². The molecular formula is C16H32N2. The van der Waals surface area contributed by atoms with Gasteiger partial charge in [-0.25, -0.2) is 0 Å². The number of hydrogen-bond donors (Lipinski definition) is 2. The van der Waals surface area contributed by atoms with Crippen LogP contribution in [-0.4, -0.2) is 6.04 Å². The predicted molar refractivity (Wildman–Crippen MR) is 78.0 cm³/mol. The Morgan fingerprint density at radius 2 is 1.67 bits per heavy atom. The molecule has 1 unspecified atom stereocenters. The molecule has 0 heterocycles. The lowest BCUT2D eigenvalue weighted by atomic mass is 9.68. The zero-order valence-corrected chi connectivity index (χ0v) is 12.5. The molecule has 1 atom stereocenters. The summed E-state index contributed by atoms with van der Waals surface area (Å²) >= 11 is 0. The van der Waals surface area contributed by atoms with E-state index in [-0.39, 0.29) is 0 Å². The number of nitrogens with one attached hydrogen (secondary N) is 1. The van der Waals surface area contributed by atoms with Gasteiger partial charge in [0.05, 0.1) is 0 Å². The Hall–Kier alpha value is -0.0800. The van der Waals surface area contributed by atoms with Crippen molar-refractivity contribution in [1.82, 2.24) is 5.43 Å². The maximum atomic E-state index is 5.78. The van der Waals surface area contributed by atoms with E-state index in [4.69, 9.17) is 5.84 Å². The van der Waals surface area contributed by atoms with Crippen LogP contribution in [0.5, 0.6) is 0 Å². The first-order valence-corrected chi connectivity index (χ1v) is 7.97. The van der Waals surface area contributed by atoms with E-state index in [1.54, 1.807) is 0 Å². The normalized spacial score (nSPS) is 31.3. The molecule has 2 aliphatic carbocycles. The summed E-state index contributed by atoms with van der Waals surface area (Å²) in [5.41, 5.74) is 3.60. The monoisotopic (exact) mass is 252 g/mol. The van der Waals surface area contributed by atoms with E-state index >= 15 is 0 Å². The second-order valence-electron chi connectivity index (χ2n) is 7.77. The van der Waals surface area contributed by atoms with E-state index in [2.05, 4.69) is 26.2 Å². The summed E-state index contributed by atoms with van der Waals surface area (Å²) < 4.78 is 0. The van der Waals surface area contributed by atoms with E-state index < -0.39 is 0 Å². The van der Waals surface area contributed by atoms with Gasteiger partial charge in [-0.05, 0) is 61.7 Å². The zero-order chi connectivity index (χ0) is 13.2. The first kappa shape index (κ1) is 14.3. The van der Waals surface area contributed by atoms with Crippen molar-refractivity contribution < 1.29 is 0 Å². The van der Waals surface area contributed by atoms with Crippen LogP contribution in [0.1, 0.15) is 72.1 Å². The topological polar surface area (TPSA) is 38.0 Å². The van der Waals surface area contributed by atoms with Crippen molar-refractivity contribution in [1.29, 1.82) is 0 Å². The van der Waals surface area contributed by atoms with Crippen LogP contribution >= 0.6 is 0 Å². The fraction of sp³-hybridized carbons (Fsp3) is 1.00. The third kappa shape index (κ3) is 3.96. The summed E-state index contributed by atoms with van der Waals surface area (Å²) in [5, 5.41) is 0. The Balaban J connectivity index is 1.75. The molecule has 0 aliphatic heterocycles. The Bertz CT molecular complexity index is 244. The number of hydrazine groups is 1. The lowest BCUT2D eigenvalue weighted by Gasteiger charge is -2.39. The molecule has 0 bridgehead atoms. The van der Waals surface area contributed by atoms with Crippen LogP contribution < -0.4 is 11.3 Å². The van der Waals surface area contributed by atoms with Crippen molar-refractivity contribution in [2.75, 3.05) is 0 Å². The van der Waals surface area contributed by atoms with E-state index in [9.17, 15) is 0 Å². The largest absolute Gasteiger partial charge is 0.271 e. The number of nitrogens with two attached hydrogens (primary N) is 1. The van der Waals surface area contributed by atoms with Crippen molar-refractivity contribution in [3.05, 3.63) is 0 Å². The van der Waals surface area contributed by atoms with Gasteiger partial charge in [0, 0.05) is 6.04 Å². The Morgan fingerprint density at radius 3 is 2.11 bits per heavy atom. The molecule has 2 saturated carbocycles. The molecule has 0 radical (unpaired) electrons. The highest BCUT2D eigenvalue weighted by atomic mass is 15.2. The van der Waals surface area contributed by atoms with Gasteiger partial charge >= 0.3 is 0 Å².